The number of hydroxylamine groups is 2. The van der Waals surface area contributed by atoms with Crippen LogP contribution in [0.4, 0.5) is 4.39 Å². The van der Waals surface area contributed by atoms with Crippen molar-refractivity contribution in [1.82, 2.24) is 5.06 Å². The van der Waals surface area contributed by atoms with Crippen LogP contribution in [0.15, 0.2) is 24.3 Å². The highest BCUT2D eigenvalue weighted by Gasteiger charge is 2.30. The quantitative estimate of drug-likeness (QED) is 0.721. The number of hydrogen-bond acceptors (Lipinski definition) is 3. The van der Waals surface area contributed by atoms with Gasteiger partial charge < -0.3 is 4.84 Å². The van der Waals surface area contributed by atoms with E-state index in [4.69, 9.17) is 4.84 Å². The highest BCUT2D eigenvalue weighted by molar-refractivity contribution is 5.82. The summed E-state index contributed by atoms with van der Waals surface area (Å²) in [7, 11) is 3.39. The summed E-state index contributed by atoms with van der Waals surface area (Å²) in [5.74, 6) is -0.122. The van der Waals surface area contributed by atoms with Crippen LogP contribution in [0.1, 0.15) is 32.8 Å². The molecule has 0 heterocycles. The second-order valence-electron chi connectivity index (χ2n) is 6.50. The van der Waals surface area contributed by atoms with Gasteiger partial charge >= 0.3 is 0 Å². The van der Waals surface area contributed by atoms with Gasteiger partial charge in [0, 0.05) is 25.9 Å². The molecule has 0 amide bonds. The maximum Gasteiger partial charge on any atom is 0.138 e. The Bertz CT molecular complexity index is 451. The summed E-state index contributed by atoms with van der Waals surface area (Å²) in [4.78, 5) is 17.6. The predicted octanol–water partition coefficient (Wildman–Crippen LogP) is 3.48. The largest absolute Gasteiger partial charge is 0.303 e. The minimum absolute atomic E-state index is 0.0896. The maximum absolute atomic E-state index is 13.0. The molecule has 4 heteroatoms. The molecule has 0 saturated heterocycles. The third-order valence-electron chi connectivity index (χ3n) is 3.77. The maximum atomic E-state index is 13.0. The molecular weight excluding hydrogens is 269 g/mol. The van der Waals surface area contributed by atoms with Crippen molar-refractivity contribution >= 4 is 5.78 Å². The first-order valence-electron chi connectivity index (χ1n) is 7.26. The van der Waals surface area contributed by atoms with Crippen molar-refractivity contribution in [3.63, 3.8) is 0 Å². The number of benzene rings is 1. The van der Waals surface area contributed by atoms with E-state index in [1.54, 1.807) is 31.4 Å². The van der Waals surface area contributed by atoms with Gasteiger partial charge in [-0.1, -0.05) is 32.9 Å². The Balaban J connectivity index is 2.76. The Labute approximate surface area is 127 Å². The first-order valence-corrected chi connectivity index (χ1v) is 7.26. The third-order valence-corrected chi connectivity index (χ3v) is 3.77. The fraction of sp³-hybridized carbons (Fsp3) is 0.588. The number of carbonyl (C=O) groups is 1. The molecule has 0 N–H and O–H groups in total. The molecule has 0 aliphatic carbocycles. The molecule has 1 rings (SSSR count). The summed E-state index contributed by atoms with van der Waals surface area (Å²) < 4.78 is 13.0. The summed E-state index contributed by atoms with van der Waals surface area (Å²) in [5.41, 5.74) is 0.863. The monoisotopic (exact) mass is 295 g/mol. The summed E-state index contributed by atoms with van der Waals surface area (Å²) in [6.45, 7) is 6.78. The van der Waals surface area contributed by atoms with Crippen LogP contribution >= 0.6 is 0 Å². The molecule has 0 fully saturated rings. The Morgan fingerprint density at radius 2 is 1.86 bits per heavy atom. The van der Waals surface area contributed by atoms with Gasteiger partial charge in [-0.25, -0.2) is 4.39 Å². The molecule has 3 nitrogen and oxygen atoms in total. The van der Waals surface area contributed by atoms with E-state index >= 15 is 0 Å². The van der Waals surface area contributed by atoms with E-state index in [9.17, 15) is 9.18 Å². The van der Waals surface area contributed by atoms with Crippen LogP contribution in [0.3, 0.4) is 0 Å². The molecule has 0 aliphatic heterocycles. The van der Waals surface area contributed by atoms with Crippen LogP contribution in [0.2, 0.25) is 0 Å². The van der Waals surface area contributed by atoms with Gasteiger partial charge in [0.15, 0.2) is 0 Å². The lowest BCUT2D eigenvalue weighted by Crippen LogP contribution is -2.33. The van der Waals surface area contributed by atoms with Crippen LogP contribution in [-0.2, 0) is 16.1 Å². The Hall–Kier alpha value is -1.26. The second kappa shape index (κ2) is 7.66. The van der Waals surface area contributed by atoms with E-state index in [1.165, 1.54) is 12.1 Å². The number of ketones is 1. The molecule has 0 saturated carbocycles. The molecule has 0 aromatic heterocycles. The zero-order valence-electron chi connectivity index (χ0n) is 13.6. The molecule has 1 atom stereocenters. The van der Waals surface area contributed by atoms with E-state index < -0.39 is 0 Å². The second-order valence-corrected chi connectivity index (χ2v) is 6.50. The predicted molar refractivity (Wildman–Crippen MR) is 82.3 cm³/mol. The first kappa shape index (κ1) is 17.8. The third kappa shape index (κ3) is 5.94. The summed E-state index contributed by atoms with van der Waals surface area (Å²) in [5, 5.41) is 1.65. The Morgan fingerprint density at radius 1 is 1.29 bits per heavy atom. The van der Waals surface area contributed by atoms with E-state index in [2.05, 4.69) is 20.8 Å². The number of nitrogens with zero attached hydrogens (tertiary/aromatic N) is 1. The standard InChI is InChI=1S/C17H26FNO2/c1-17(2,3)15(16(20)10-11-19(4)21-5)12-13-6-8-14(18)9-7-13/h6-9,15H,10-12H2,1-5H3. The van der Waals surface area contributed by atoms with E-state index in [0.717, 1.165) is 5.56 Å². The van der Waals surface area contributed by atoms with Gasteiger partial charge in [-0.05, 0) is 29.5 Å². The number of rotatable bonds is 7. The van der Waals surface area contributed by atoms with Gasteiger partial charge in [0.05, 0.1) is 7.11 Å². The zero-order valence-corrected chi connectivity index (χ0v) is 13.6. The lowest BCUT2D eigenvalue weighted by atomic mass is 9.74. The molecule has 0 spiro atoms. The average molecular weight is 295 g/mol. The molecule has 0 bridgehead atoms. The molecule has 0 aliphatic rings. The van der Waals surface area contributed by atoms with Crippen molar-refractivity contribution in [3.8, 4) is 0 Å². The number of halogens is 1. The first-order chi connectivity index (χ1) is 9.74. The van der Waals surface area contributed by atoms with Gasteiger partial charge in [-0.2, -0.15) is 5.06 Å². The number of hydrogen-bond donors (Lipinski definition) is 0. The summed E-state index contributed by atoms with van der Waals surface area (Å²) in [6, 6.07) is 6.39. The average Bonchev–Trinajstić information content (AvgIpc) is 2.42. The molecule has 1 aromatic rings. The fourth-order valence-corrected chi connectivity index (χ4v) is 2.29. The van der Waals surface area contributed by atoms with Crippen molar-refractivity contribution in [2.75, 3.05) is 20.7 Å². The van der Waals surface area contributed by atoms with Crippen LogP contribution in [0.5, 0.6) is 0 Å². The van der Waals surface area contributed by atoms with Gasteiger partial charge in [0.1, 0.15) is 11.6 Å². The lowest BCUT2D eigenvalue weighted by molar-refractivity contribution is -0.134. The van der Waals surface area contributed by atoms with Crippen molar-refractivity contribution in [1.29, 1.82) is 0 Å². The van der Waals surface area contributed by atoms with Crippen LogP contribution < -0.4 is 0 Å². The van der Waals surface area contributed by atoms with Crippen LogP contribution in [0.25, 0.3) is 0 Å². The molecule has 21 heavy (non-hydrogen) atoms. The van der Waals surface area contributed by atoms with Crippen LogP contribution in [-0.4, -0.2) is 31.5 Å². The highest BCUT2D eigenvalue weighted by Crippen LogP contribution is 2.31. The lowest BCUT2D eigenvalue weighted by Gasteiger charge is -2.30. The van der Waals surface area contributed by atoms with Crippen molar-refractivity contribution in [3.05, 3.63) is 35.6 Å². The SMILES string of the molecule is CON(C)CCC(=O)C(Cc1ccc(F)cc1)C(C)(C)C. The fourth-order valence-electron chi connectivity index (χ4n) is 2.29. The normalized spacial score (nSPS) is 13.5. The highest BCUT2D eigenvalue weighted by atomic mass is 19.1. The topological polar surface area (TPSA) is 29.5 Å². The van der Waals surface area contributed by atoms with Gasteiger partial charge in [-0.15, -0.1) is 0 Å². The van der Waals surface area contributed by atoms with Crippen molar-refractivity contribution in [2.45, 2.75) is 33.6 Å². The van der Waals surface area contributed by atoms with Gasteiger partial charge in [-0.3, -0.25) is 4.79 Å². The van der Waals surface area contributed by atoms with Crippen molar-refractivity contribution in [2.24, 2.45) is 11.3 Å². The van der Waals surface area contributed by atoms with Crippen LogP contribution in [0, 0.1) is 17.2 Å². The molecule has 118 valence electrons. The van der Waals surface area contributed by atoms with E-state index in [0.29, 0.717) is 19.4 Å². The van der Waals surface area contributed by atoms with Gasteiger partial charge in [0.25, 0.3) is 0 Å². The molecule has 0 radical (unpaired) electrons. The molecule has 1 aromatic carbocycles. The summed E-state index contributed by atoms with van der Waals surface area (Å²) >= 11 is 0. The smallest absolute Gasteiger partial charge is 0.138 e. The van der Waals surface area contributed by atoms with E-state index in [-0.39, 0.29) is 22.9 Å². The Kier molecular flexibility index (Phi) is 6.49. The number of Topliss-reactive ketones (excluding diaryl/α,β-unsaturated/α-hetero) is 1. The van der Waals surface area contributed by atoms with Gasteiger partial charge in [0.2, 0.25) is 0 Å². The zero-order chi connectivity index (χ0) is 16.0. The molecule has 1 unspecified atom stereocenters. The minimum atomic E-state index is -0.251. The minimum Gasteiger partial charge on any atom is -0.303 e. The summed E-state index contributed by atoms with van der Waals surface area (Å²) in [6.07, 6.45) is 1.09. The van der Waals surface area contributed by atoms with E-state index in [1.807, 2.05) is 0 Å². The molecular formula is C17H26FNO2. The number of carbonyl (C=O) groups excluding carboxylic acids is 1. The Morgan fingerprint density at radius 3 is 2.33 bits per heavy atom. The van der Waals surface area contributed by atoms with Crippen molar-refractivity contribution < 1.29 is 14.0 Å².